The molecule has 0 aliphatic heterocycles. The Morgan fingerprint density at radius 1 is 1.14 bits per heavy atom. The van der Waals surface area contributed by atoms with Crippen LogP contribution >= 0.6 is 11.6 Å². The van der Waals surface area contributed by atoms with Crippen LogP contribution in [-0.2, 0) is 12.3 Å². The number of hydrogen-bond acceptors (Lipinski definition) is 0. The predicted molar refractivity (Wildman–Crippen MR) is 58.3 cm³/mol. The van der Waals surface area contributed by atoms with Crippen molar-refractivity contribution in [3.05, 3.63) is 35.4 Å². The van der Waals surface area contributed by atoms with Gasteiger partial charge in [-0.25, -0.2) is 0 Å². The van der Waals surface area contributed by atoms with Crippen molar-refractivity contribution in [1.82, 2.24) is 0 Å². The minimum absolute atomic E-state index is 0.0349. The molecule has 1 aromatic rings. The van der Waals surface area contributed by atoms with E-state index >= 15 is 0 Å². The summed E-state index contributed by atoms with van der Waals surface area (Å²) in [7, 11) is -3.89. The Hall–Kier alpha value is -0.413. The molecule has 0 aliphatic carbocycles. The van der Waals surface area contributed by atoms with Gasteiger partial charge in [0.2, 0.25) is 0 Å². The van der Waals surface area contributed by atoms with E-state index in [1.807, 2.05) is 24.3 Å². The highest BCUT2D eigenvalue weighted by Crippen LogP contribution is 2.17. The van der Waals surface area contributed by atoms with Crippen LogP contribution in [0, 0.1) is 0 Å². The molecule has 0 saturated heterocycles. The van der Waals surface area contributed by atoms with Gasteiger partial charge in [-0.2, -0.15) is 0 Å². The standard InChI is InChI=1S/C10H13ClF2Si/c1-14(12,13)7-6-9-2-4-10(8-11)5-3-9/h2-5H,6-8H2,1H3. The molecule has 0 aromatic heterocycles. The highest BCUT2D eigenvalue weighted by atomic mass is 35.5. The molecule has 0 aliphatic rings. The zero-order valence-electron chi connectivity index (χ0n) is 8.06. The summed E-state index contributed by atoms with van der Waals surface area (Å²) in [6.45, 7) is 1.08. The first-order valence-electron chi connectivity index (χ1n) is 4.53. The number of benzene rings is 1. The quantitative estimate of drug-likeness (QED) is 0.420. The second-order valence-electron chi connectivity index (χ2n) is 3.52. The summed E-state index contributed by atoms with van der Waals surface area (Å²) in [5.74, 6) is 0.471. The first kappa shape index (κ1) is 11.7. The van der Waals surface area contributed by atoms with E-state index in [4.69, 9.17) is 11.6 Å². The molecule has 1 rings (SSSR count). The van der Waals surface area contributed by atoms with Gasteiger partial charge in [0.15, 0.2) is 0 Å². The molecule has 0 unspecified atom stereocenters. The minimum atomic E-state index is -3.89. The molecule has 0 heterocycles. The van der Waals surface area contributed by atoms with Crippen molar-refractivity contribution in [3.63, 3.8) is 0 Å². The lowest BCUT2D eigenvalue weighted by Gasteiger charge is -2.06. The Labute approximate surface area is 89.3 Å². The second-order valence-corrected chi connectivity index (χ2v) is 6.43. The van der Waals surface area contributed by atoms with Crippen molar-refractivity contribution in [1.29, 1.82) is 0 Å². The molecular formula is C10H13ClF2Si. The monoisotopic (exact) mass is 234 g/mol. The maximum atomic E-state index is 12.7. The van der Waals surface area contributed by atoms with E-state index < -0.39 is 8.74 Å². The van der Waals surface area contributed by atoms with Gasteiger partial charge in [0.05, 0.1) is 0 Å². The van der Waals surface area contributed by atoms with Gasteiger partial charge in [0, 0.05) is 11.9 Å². The number of halogens is 3. The molecule has 0 bridgehead atoms. The van der Waals surface area contributed by atoms with Crippen LogP contribution in [0.5, 0.6) is 0 Å². The Morgan fingerprint density at radius 3 is 2.07 bits per heavy atom. The van der Waals surface area contributed by atoms with Crippen LogP contribution in [0.25, 0.3) is 0 Å². The average molecular weight is 235 g/mol. The van der Waals surface area contributed by atoms with E-state index in [1.54, 1.807) is 0 Å². The molecule has 0 fully saturated rings. The molecule has 0 nitrogen and oxygen atoms in total. The van der Waals surface area contributed by atoms with Gasteiger partial charge in [-0.1, -0.05) is 24.3 Å². The summed E-state index contributed by atoms with van der Waals surface area (Å²) < 4.78 is 25.3. The van der Waals surface area contributed by atoms with Gasteiger partial charge in [0.1, 0.15) is 0 Å². The molecule has 0 amide bonds. The van der Waals surface area contributed by atoms with E-state index in [-0.39, 0.29) is 6.04 Å². The van der Waals surface area contributed by atoms with Crippen LogP contribution in [0.1, 0.15) is 11.1 Å². The lowest BCUT2D eigenvalue weighted by Crippen LogP contribution is -2.16. The molecule has 4 heteroatoms. The molecule has 1 aromatic carbocycles. The Bertz CT molecular complexity index is 279. The molecule has 0 atom stereocenters. The van der Waals surface area contributed by atoms with Crippen molar-refractivity contribution < 1.29 is 8.22 Å². The fraction of sp³-hybridized carbons (Fsp3) is 0.400. The fourth-order valence-corrected chi connectivity index (χ4v) is 2.06. The normalized spacial score (nSPS) is 11.7. The van der Waals surface area contributed by atoms with Gasteiger partial charge in [-0.05, 0) is 24.1 Å². The van der Waals surface area contributed by atoms with E-state index in [9.17, 15) is 8.22 Å². The van der Waals surface area contributed by atoms with E-state index in [0.29, 0.717) is 12.3 Å². The Morgan fingerprint density at radius 2 is 1.64 bits per heavy atom. The van der Waals surface area contributed by atoms with Crippen molar-refractivity contribution in [2.24, 2.45) is 0 Å². The topological polar surface area (TPSA) is 0 Å². The maximum Gasteiger partial charge on any atom is 0.422 e. The summed E-state index contributed by atoms with van der Waals surface area (Å²) in [4.78, 5) is 0. The summed E-state index contributed by atoms with van der Waals surface area (Å²) in [6.07, 6.45) is 0.471. The van der Waals surface area contributed by atoms with Crippen molar-refractivity contribution in [2.75, 3.05) is 0 Å². The number of rotatable bonds is 4. The minimum Gasteiger partial charge on any atom is -0.271 e. The molecular weight excluding hydrogens is 222 g/mol. The van der Waals surface area contributed by atoms with Gasteiger partial charge in [-0.3, -0.25) is 8.22 Å². The van der Waals surface area contributed by atoms with E-state index in [1.165, 1.54) is 0 Å². The van der Waals surface area contributed by atoms with Crippen molar-refractivity contribution >= 4 is 20.3 Å². The maximum absolute atomic E-state index is 12.7. The predicted octanol–water partition coefficient (Wildman–Crippen LogP) is 3.98. The van der Waals surface area contributed by atoms with Crippen LogP contribution in [0.15, 0.2) is 24.3 Å². The first-order chi connectivity index (χ1) is 6.51. The second kappa shape index (κ2) is 4.89. The molecule has 0 spiro atoms. The van der Waals surface area contributed by atoms with Crippen LogP contribution in [-0.4, -0.2) is 8.74 Å². The van der Waals surface area contributed by atoms with Crippen LogP contribution in [0.3, 0.4) is 0 Å². The third-order valence-electron chi connectivity index (χ3n) is 2.03. The van der Waals surface area contributed by atoms with Crippen molar-refractivity contribution in [3.8, 4) is 0 Å². The third kappa shape index (κ3) is 4.20. The summed E-state index contributed by atoms with van der Waals surface area (Å²) in [5, 5.41) is 0. The molecule has 0 N–H and O–H groups in total. The zero-order chi connectivity index (χ0) is 10.6. The van der Waals surface area contributed by atoms with Gasteiger partial charge in [-0.15, -0.1) is 11.6 Å². The average Bonchev–Trinajstić information content (AvgIpc) is 2.14. The van der Waals surface area contributed by atoms with Gasteiger partial charge < -0.3 is 0 Å². The summed E-state index contributed by atoms with van der Waals surface area (Å²) >= 11 is 5.62. The highest BCUT2D eigenvalue weighted by molar-refractivity contribution is 6.64. The number of hydrogen-bond donors (Lipinski definition) is 0. The van der Waals surface area contributed by atoms with Crippen LogP contribution in [0.4, 0.5) is 8.22 Å². The highest BCUT2D eigenvalue weighted by Gasteiger charge is 2.26. The lowest BCUT2D eigenvalue weighted by atomic mass is 10.1. The van der Waals surface area contributed by atoms with Crippen LogP contribution in [0.2, 0.25) is 12.6 Å². The molecule has 14 heavy (non-hydrogen) atoms. The van der Waals surface area contributed by atoms with Gasteiger partial charge >= 0.3 is 8.74 Å². The Kier molecular flexibility index (Phi) is 4.07. The zero-order valence-corrected chi connectivity index (χ0v) is 9.82. The first-order valence-corrected chi connectivity index (χ1v) is 7.52. The Balaban J connectivity index is 2.52. The smallest absolute Gasteiger partial charge is 0.271 e. The molecule has 0 radical (unpaired) electrons. The van der Waals surface area contributed by atoms with E-state index in [2.05, 4.69) is 0 Å². The third-order valence-corrected chi connectivity index (χ3v) is 3.47. The summed E-state index contributed by atoms with van der Waals surface area (Å²) in [6, 6.07) is 7.55. The van der Waals surface area contributed by atoms with Crippen molar-refractivity contribution in [2.45, 2.75) is 24.9 Å². The molecule has 78 valence electrons. The fourth-order valence-electron chi connectivity index (χ4n) is 1.16. The number of alkyl halides is 1. The number of aryl methyl sites for hydroxylation is 1. The lowest BCUT2D eigenvalue weighted by molar-refractivity contribution is 0.605. The van der Waals surface area contributed by atoms with Gasteiger partial charge in [0.25, 0.3) is 0 Å². The molecule has 0 saturated carbocycles. The summed E-state index contributed by atoms with van der Waals surface area (Å²) in [5.41, 5.74) is 1.99. The SMILES string of the molecule is C[Si](F)(F)CCc1ccc(CCl)cc1. The van der Waals surface area contributed by atoms with Crippen LogP contribution < -0.4 is 0 Å². The largest absolute Gasteiger partial charge is 0.422 e. The van der Waals surface area contributed by atoms with E-state index in [0.717, 1.165) is 17.7 Å².